The monoisotopic (exact) mass is 450 g/mol. The lowest BCUT2D eigenvalue weighted by Crippen LogP contribution is -2.47. The Hall–Kier alpha value is -2.39. The molecule has 2 amide bonds. The number of carbonyl (C=O) groups excluding carboxylic acids is 2. The Bertz CT molecular complexity index is 935. The van der Waals surface area contributed by atoms with Gasteiger partial charge in [0.2, 0.25) is 11.8 Å². The molecule has 6 heteroatoms. The summed E-state index contributed by atoms with van der Waals surface area (Å²) in [5, 5.41) is 12.2. The molecule has 0 aromatic heterocycles. The molecule has 1 aromatic carbocycles. The molecule has 6 nitrogen and oxygen atoms in total. The third-order valence-electron chi connectivity index (χ3n) is 8.65. The minimum Gasteiger partial charge on any atom is -0.342 e. The largest absolute Gasteiger partial charge is 0.342 e. The van der Waals surface area contributed by atoms with Gasteiger partial charge in [-0.2, -0.15) is 5.26 Å². The number of likely N-dealkylation sites (tertiary alicyclic amines) is 1. The fraction of sp³-hybridized carbons (Fsp3) is 0.667. The van der Waals surface area contributed by atoms with Gasteiger partial charge in [0.15, 0.2) is 0 Å². The summed E-state index contributed by atoms with van der Waals surface area (Å²) in [4.78, 5) is 30.1. The Morgan fingerprint density at radius 1 is 1.12 bits per heavy atom. The van der Waals surface area contributed by atoms with Gasteiger partial charge in [-0.05, 0) is 70.0 Å². The van der Waals surface area contributed by atoms with E-state index < -0.39 is 11.0 Å². The SMILES string of the molecule is CN(C)[C@]1(c2ccccc2)CC[C@@]2(CC1)CC(=O)N(CCC(C)(C)C(=O)NC1(C#N)CC1)C2. The van der Waals surface area contributed by atoms with Gasteiger partial charge in [-0.1, -0.05) is 44.2 Å². The number of rotatable bonds is 7. The number of nitrogens with one attached hydrogen (secondary N) is 1. The lowest BCUT2D eigenvalue weighted by atomic mass is 9.64. The molecule has 2 saturated carbocycles. The molecule has 3 fully saturated rings. The van der Waals surface area contributed by atoms with E-state index in [9.17, 15) is 14.9 Å². The lowest BCUT2D eigenvalue weighted by molar-refractivity contribution is -0.132. The van der Waals surface area contributed by atoms with E-state index in [1.165, 1.54) is 5.56 Å². The van der Waals surface area contributed by atoms with Gasteiger partial charge in [0, 0.05) is 30.5 Å². The summed E-state index contributed by atoms with van der Waals surface area (Å²) in [5.74, 6) is 0.137. The van der Waals surface area contributed by atoms with E-state index in [0.717, 1.165) is 45.1 Å². The van der Waals surface area contributed by atoms with Gasteiger partial charge in [-0.25, -0.2) is 0 Å². The predicted molar refractivity (Wildman–Crippen MR) is 128 cm³/mol. The Labute approximate surface area is 198 Å². The van der Waals surface area contributed by atoms with Crippen molar-refractivity contribution in [3.8, 4) is 6.07 Å². The molecular weight excluding hydrogens is 412 g/mol. The Morgan fingerprint density at radius 3 is 2.30 bits per heavy atom. The molecule has 1 spiro atoms. The van der Waals surface area contributed by atoms with Crippen LogP contribution in [0.1, 0.15) is 70.8 Å². The second kappa shape index (κ2) is 8.43. The molecule has 2 aliphatic carbocycles. The fourth-order valence-corrected chi connectivity index (χ4v) is 5.76. The van der Waals surface area contributed by atoms with Crippen LogP contribution in [0.3, 0.4) is 0 Å². The van der Waals surface area contributed by atoms with E-state index in [0.29, 0.717) is 19.4 Å². The van der Waals surface area contributed by atoms with Gasteiger partial charge in [0.05, 0.1) is 6.07 Å². The van der Waals surface area contributed by atoms with Gasteiger partial charge in [0.25, 0.3) is 0 Å². The van der Waals surface area contributed by atoms with Crippen molar-refractivity contribution >= 4 is 11.8 Å². The van der Waals surface area contributed by atoms with Crippen LogP contribution in [0.15, 0.2) is 30.3 Å². The van der Waals surface area contributed by atoms with Gasteiger partial charge >= 0.3 is 0 Å². The molecule has 33 heavy (non-hydrogen) atoms. The van der Waals surface area contributed by atoms with Crippen LogP contribution in [0.2, 0.25) is 0 Å². The second-order valence-electron chi connectivity index (χ2n) is 11.6. The van der Waals surface area contributed by atoms with Crippen LogP contribution in [0.25, 0.3) is 0 Å². The molecule has 1 N–H and O–H groups in total. The van der Waals surface area contributed by atoms with Crippen LogP contribution >= 0.6 is 0 Å². The lowest BCUT2D eigenvalue weighted by Gasteiger charge is -2.49. The molecule has 1 saturated heterocycles. The van der Waals surface area contributed by atoms with E-state index >= 15 is 0 Å². The Morgan fingerprint density at radius 2 is 1.76 bits per heavy atom. The molecule has 1 heterocycles. The zero-order valence-corrected chi connectivity index (χ0v) is 20.6. The van der Waals surface area contributed by atoms with E-state index in [1.54, 1.807) is 0 Å². The second-order valence-corrected chi connectivity index (χ2v) is 11.6. The maximum absolute atomic E-state index is 13.0. The summed E-state index contributed by atoms with van der Waals surface area (Å²) in [6, 6.07) is 13.0. The van der Waals surface area contributed by atoms with Crippen molar-refractivity contribution in [2.24, 2.45) is 10.8 Å². The van der Waals surface area contributed by atoms with Crippen LogP contribution < -0.4 is 5.32 Å². The first-order chi connectivity index (χ1) is 15.6. The van der Waals surface area contributed by atoms with Gasteiger partial charge < -0.3 is 10.2 Å². The number of hydrogen-bond donors (Lipinski definition) is 1. The number of amides is 2. The van der Waals surface area contributed by atoms with Crippen LogP contribution in [0.4, 0.5) is 0 Å². The molecule has 3 aliphatic rings. The topological polar surface area (TPSA) is 76.4 Å². The summed E-state index contributed by atoms with van der Waals surface area (Å²) in [6.45, 7) is 5.22. The van der Waals surface area contributed by atoms with Gasteiger partial charge in [0.1, 0.15) is 5.54 Å². The Kier molecular flexibility index (Phi) is 6.07. The summed E-state index contributed by atoms with van der Waals surface area (Å²) < 4.78 is 0. The maximum atomic E-state index is 13.0. The summed E-state index contributed by atoms with van der Waals surface area (Å²) in [5.41, 5.74) is 0.188. The normalized spacial score (nSPS) is 28.7. The van der Waals surface area contributed by atoms with E-state index in [-0.39, 0.29) is 22.8 Å². The molecule has 0 unspecified atom stereocenters. The highest BCUT2D eigenvalue weighted by atomic mass is 16.2. The van der Waals surface area contributed by atoms with Gasteiger partial charge in [-0.15, -0.1) is 0 Å². The molecule has 4 rings (SSSR count). The standard InChI is InChI=1S/C27H38N4O2/c1-24(2,23(33)29-26(19-28)12-13-26)16-17-31-20-25(18-22(31)32)10-14-27(15-11-25,30(3)4)21-8-6-5-7-9-21/h5-9H,10-18,20H2,1-4H3,(H,29,33)/t25-,27-. The zero-order chi connectivity index (χ0) is 23.9. The maximum Gasteiger partial charge on any atom is 0.226 e. The highest BCUT2D eigenvalue weighted by Gasteiger charge is 2.51. The van der Waals surface area contributed by atoms with Crippen molar-refractivity contribution < 1.29 is 9.59 Å². The van der Waals surface area contributed by atoms with Crippen molar-refractivity contribution in [1.82, 2.24) is 15.1 Å². The number of carbonyl (C=O) groups is 2. The van der Waals surface area contributed by atoms with Crippen molar-refractivity contribution in [2.75, 3.05) is 27.2 Å². The number of benzene rings is 1. The molecular formula is C27H38N4O2. The zero-order valence-electron chi connectivity index (χ0n) is 20.6. The summed E-state index contributed by atoms with van der Waals surface area (Å²) in [7, 11) is 4.34. The highest BCUT2D eigenvalue weighted by Crippen LogP contribution is 2.52. The predicted octanol–water partition coefficient (Wildman–Crippen LogP) is 3.82. The molecule has 1 aliphatic heterocycles. The summed E-state index contributed by atoms with van der Waals surface area (Å²) in [6.07, 6.45) is 6.87. The van der Waals surface area contributed by atoms with Crippen molar-refractivity contribution in [3.05, 3.63) is 35.9 Å². The minimum absolute atomic E-state index is 0.0303. The Balaban J connectivity index is 1.37. The highest BCUT2D eigenvalue weighted by molar-refractivity contribution is 5.84. The first-order valence-electron chi connectivity index (χ1n) is 12.3. The number of nitriles is 1. The van der Waals surface area contributed by atoms with Crippen molar-refractivity contribution in [3.63, 3.8) is 0 Å². The van der Waals surface area contributed by atoms with Crippen LogP contribution in [-0.4, -0.2) is 54.3 Å². The van der Waals surface area contributed by atoms with Crippen molar-refractivity contribution in [2.45, 2.75) is 76.3 Å². The van der Waals surface area contributed by atoms with Gasteiger partial charge in [-0.3, -0.25) is 14.5 Å². The van der Waals surface area contributed by atoms with Crippen LogP contribution in [0, 0.1) is 22.2 Å². The molecule has 1 aromatic rings. The number of hydrogen-bond acceptors (Lipinski definition) is 4. The average molecular weight is 451 g/mol. The number of nitrogens with zero attached hydrogens (tertiary/aromatic N) is 3. The van der Waals surface area contributed by atoms with Crippen LogP contribution in [0.5, 0.6) is 0 Å². The first kappa shape index (κ1) is 23.8. The first-order valence-corrected chi connectivity index (χ1v) is 12.3. The molecule has 0 bridgehead atoms. The van der Waals surface area contributed by atoms with E-state index in [2.05, 4.69) is 60.7 Å². The summed E-state index contributed by atoms with van der Waals surface area (Å²) >= 11 is 0. The minimum atomic E-state index is -0.651. The molecule has 0 atom stereocenters. The smallest absolute Gasteiger partial charge is 0.226 e. The third-order valence-corrected chi connectivity index (χ3v) is 8.65. The average Bonchev–Trinajstić information content (AvgIpc) is 3.50. The molecule has 0 radical (unpaired) electrons. The fourth-order valence-electron chi connectivity index (χ4n) is 5.76. The quantitative estimate of drug-likeness (QED) is 0.685. The third kappa shape index (κ3) is 4.53. The van der Waals surface area contributed by atoms with Crippen molar-refractivity contribution in [1.29, 1.82) is 5.26 Å². The van der Waals surface area contributed by atoms with E-state index in [1.807, 2.05) is 18.7 Å². The van der Waals surface area contributed by atoms with E-state index in [4.69, 9.17) is 0 Å². The molecule has 178 valence electrons. The van der Waals surface area contributed by atoms with Crippen LogP contribution in [-0.2, 0) is 15.1 Å².